The van der Waals surface area contributed by atoms with Crippen molar-refractivity contribution >= 4 is 23.3 Å². The van der Waals surface area contributed by atoms with Crippen LogP contribution in [0.4, 0.5) is 10.5 Å². The summed E-state index contributed by atoms with van der Waals surface area (Å²) < 4.78 is 5.17. The van der Waals surface area contributed by atoms with Crippen molar-refractivity contribution in [3.63, 3.8) is 0 Å². The van der Waals surface area contributed by atoms with Gasteiger partial charge in [0.2, 0.25) is 0 Å². The third-order valence-electron chi connectivity index (χ3n) is 3.39. The highest BCUT2D eigenvalue weighted by Gasteiger charge is 2.21. The van der Waals surface area contributed by atoms with E-state index in [9.17, 15) is 9.90 Å². The van der Waals surface area contributed by atoms with Gasteiger partial charge in [0, 0.05) is 11.1 Å². The summed E-state index contributed by atoms with van der Waals surface area (Å²) in [4.78, 5) is 12.0. The predicted molar refractivity (Wildman–Crippen MR) is 78.4 cm³/mol. The summed E-state index contributed by atoms with van der Waals surface area (Å²) in [6.45, 7) is 0. The van der Waals surface area contributed by atoms with E-state index in [0.717, 1.165) is 19.3 Å². The number of nitrogens with one attached hydrogen (secondary N) is 2. The molecule has 1 fully saturated rings. The summed E-state index contributed by atoms with van der Waals surface area (Å²) >= 11 is 5.91. The molecule has 0 heterocycles. The molecule has 1 aliphatic rings. The van der Waals surface area contributed by atoms with E-state index in [1.165, 1.54) is 7.11 Å². The molecule has 0 radical (unpaired) electrons. The van der Waals surface area contributed by atoms with Crippen LogP contribution in [-0.2, 0) is 0 Å². The number of hydrogen-bond acceptors (Lipinski definition) is 3. The zero-order valence-electron chi connectivity index (χ0n) is 11.4. The van der Waals surface area contributed by atoms with Gasteiger partial charge in [0.05, 0.1) is 18.9 Å². The van der Waals surface area contributed by atoms with Gasteiger partial charge < -0.3 is 20.5 Å². The molecule has 2 atom stereocenters. The van der Waals surface area contributed by atoms with Crippen molar-refractivity contribution in [3.05, 3.63) is 23.2 Å². The number of hydrogen-bond donors (Lipinski definition) is 3. The number of carbonyl (C=O) groups is 1. The molecular weight excluding hydrogens is 280 g/mol. The molecule has 6 heteroatoms. The predicted octanol–water partition coefficient (Wildman–Crippen LogP) is 2.77. The van der Waals surface area contributed by atoms with Crippen LogP contribution >= 0.6 is 11.6 Å². The lowest BCUT2D eigenvalue weighted by Gasteiger charge is -2.26. The molecule has 110 valence electrons. The largest absolute Gasteiger partial charge is 0.495 e. The van der Waals surface area contributed by atoms with Crippen molar-refractivity contribution in [2.45, 2.75) is 37.8 Å². The number of ether oxygens (including phenoxy) is 1. The lowest BCUT2D eigenvalue weighted by atomic mass is 9.93. The van der Waals surface area contributed by atoms with Gasteiger partial charge in [-0.1, -0.05) is 11.6 Å². The van der Waals surface area contributed by atoms with Crippen LogP contribution in [0.25, 0.3) is 0 Å². The van der Waals surface area contributed by atoms with E-state index >= 15 is 0 Å². The maximum Gasteiger partial charge on any atom is 0.319 e. The summed E-state index contributed by atoms with van der Waals surface area (Å²) in [5.74, 6) is 0.549. The van der Waals surface area contributed by atoms with Gasteiger partial charge in [-0.25, -0.2) is 4.79 Å². The topological polar surface area (TPSA) is 70.6 Å². The fourth-order valence-corrected chi connectivity index (χ4v) is 2.59. The smallest absolute Gasteiger partial charge is 0.319 e. The normalized spacial score (nSPS) is 22.1. The van der Waals surface area contributed by atoms with Gasteiger partial charge in [-0.3, -0.25) is 0 Å². The van der Waals surface area contributed by atoms with E-state index in [4.69, 9.17) is 16.3 Å². The molecule has 1 saturated carbocycles. The summed E-state index contributed by atoms with van der Waals surface area (Å²) in [7, 11) is 1.53. The molecule has 2 rings (SSSR count). The van der Waals surface area contributed by atoms with Crippen molar-refractivity contribution in [2.75, 3.05) is 12.4 Å². The molecule has 0 spiro atoms. The van der Waals surface area contributed by atoms with Crippen LogP contribution in [0.15, 0.2) is 18.2 Å². The van der Waals surface area contributed by atoms with Crippen molar-refractivity contribution in [3.8, 4) is 5.75 Å². The number of rotatable bonds is 3. The molecule has 20 heavy (non-hydrogen) atoms. The molecule has 1 aromatic carbocycles. The summed E-state index contributed by atoms with van der Waals surface area (Å²) in [6.07, 6.45) is 2.89. The summed E-state index contributed by atoms with van der Waals surface area (Å²) in [5, 5.41) is 15.7. The Morgan fingerprint density at radius 3 is 2.95 bits per heavy atom. The maximum atomic E-state index is 12.0. The average molecular weight is 299 g/mol. The van der Waals surface area contributed by atoms with Gasteiger partial charge in [-0.15, -0.1) is 0 Å². The van der Waals surface area contributed by atoms with Crippen molar-refractivity contribution < 1.29 is 14.6 Å². The minimum Gasteiger partial charge on any atom is -0.495 e. The first kappa shape index (κ1) is 14.9. The highest BCUT2D eigenvalue weighted by Crippen LogP contribution is 2.27. The Kier molecular flexibility index (Phi) is 5.09. The lowest BCUT2D eigenvalue weighted by molar-refractivity contribution is 0.114. The van der Waals surface area contributed by atoms with Gasteiger partial charge in [0.25, 0.3) is 0 Å². The van der Waals surface area contributed by atoms with E-state index in [-0.39, 0.29) is 18.2 Å². The monoisotopic (exact) mass is 298 g/mol. The molecular formula is C14H19ClN2O3. The van der Waals surface area contributed by atoms with Crippen molar-refractivity contribution in [1.82, 2.24) is 5.32 Å². The van der Waals surface area contributed by atoms with Gasteiger partial charge in [0.1, 0.15) is 5.75 Å². The number of halogens is 1. The Labute approximate surface area is 123 Å². The summed E-state index contributed by atoms with van der Waals surface area (Å²) in [5.41, 5.74) is 0.522. The first-order valence-corrected chi connectivity index (χ1v) is 7.05. The third kappa shape index (κ3) is 4.02. The average Bonchev–Trinajstić information content (AvgIpc) is 2.38. The first-order valence-electron chi connectivity index (χ1n) is 6.67. The summed E-state index contributed by atoms with van der Waals surface area (Å²) in [6, 6.07) is 4.72. The Bertz CT molecular complexity index is 481. The molecule has 0 aliphatic heterocycles. The number of urea groups is 1. The minimum atomic E-state index is -0.324. The van der Waals surface area contributed by atoms with Crippen molar-refractivity contribution in [2.24, 2.45) is 0 Å². The van der Waals surface area contributed by atoms with Crippen molar-refractivity contribution in [1.29, 1.82) is 0 Å². The van der Waals surface area contributed by atoms with E-state index < -0.39 is 0 Å². The van der Waals surface area contributed by atoms with Gasteiger partial charge in [-0.05, 0) is 43.9 Å². The van der Waals surface area contributed by atoms with Gasteiger partial charge in [-0.2, -0.15) is 0 Å². The zero-order valence-corrected chi connectivity index (χ0v) is 12.1. The SMILES string of the molecule is COc1ccc(Cl)cc1NC(=O)N[C@@H]1CCC[C@@H](O)C1. The highest BCUT2D eigenvalue weighted by atomic mass is 35.5. The molecule has 1 aromatic rings. The van der Waals surface area contributed by atoms with Crippen LogP contribution in [0.2, 0.25) is 5.02 Å². The number of amides is 2. The van der Waals surface area contributed by atoms with E-state index in [1.54, 1.807) is 18.2 Å². The number of anilines is 1. The maximum absolute atomic E-state index is 12.0. The van der Waals surface area contributed by atoms with E-state index in [2.05, 4.69) is 10.6 Å². The first-order chi connectivity index (χ1) is 9.58. The van der Waals surface area contributed by atoms with Crippen LogP contribution < -0.4 is 15.4 Å². The Balaban J connectivity index is 1.95. The highest BCUT2D eigenvalue weighted by molar-refractivity contribution is 6.31. The number of methoxy groups -OCH3 is 1. The quantitative estimate of drug-likeness (QED) is 0.803. The molecule has 0 aromatic heterocycles. The van der Waals surface area contributed by atoms with E-state index in [1.807, 2.05) is 0 Å². The van der Waals surface area contributed by atoms with E-state index in [0.29, 0.717) is 22.9 Å². The number of aliphatic hydroxyl groups is 1. The Hall–Kier alpha value is -1.46. The van der Waals surface area contributed by atoms with Gasteiger partial charge >= 0.3 is 6.03 Å². The van der Waals surface area contributed by atoms with Crippen LogP contribution in [0, 0.1) is 0 Å². The Morgan fingerprint density at radius 1 is 1.45 bits per heavy atom. The molecule has 0 bridgehead atoms. The molecule has 2 amide bonds. The lowest BCUT2D eigenvalue weighted by Crippen LogP contribution is -2.41. The number of carbonyl (C=O) groups excluding carboxylic acids is 1. The molecule has 0 saturated heterocycles. The fraction of sp³-hybridized carbons (Fsp3) is 0.500. The van der Waals surface area contributed by atoms with Gasteiger partial charge in [0.15, 0.2) is 0 Å². The second-order valence-electron chi connectivity index (χ2n) is 4.96. The molecule has 5 nitrogen and oxygen atoms in total. The number of benzene rings is 1. The zero-order chi connectivity index (χ0) is 14.5. The third-order valence-corrected chi connectivity index (χ3v) is 3.63. The van der Waals surface area contributed by atoms with Crippen LogP contribution in [-0.4, -0.2) is 30.4 Å². The number of aliphatic hydroxyl groups excluding tert-OH is 1. The molecule has 0 unspecified atom stereocenters. The molecule has 3 N–H and O–H groups in total. The molecule has 1 aliphatic carbocycles. The second-order valence-corrected chi connectivity index (χ2v) is 5.40. The van der Waals surface area contributed by atoms with Crippen LogP contribution in [0.3, 0.4) is 0 Å². The Morgan fingerprint density at radius 2 is 2.25 bits per heavy atom. The fourth-order valence-electron chi connectivity index (χ4n) is 2.42. The standard InChI is InChI=1S/C14H19ClN2O3/c1-20-13-6-5-9(15)7-12(13)17-14(19)16-10-3-2-4-11(18)8-10/h5-7,10-11,18H,2-4,8H2,1H3,(H2,16,17,19)/t10-,11-/m1/s1. The van der Waals surface area contributed by atoms with Crippen LogP contribution in [0.5, 0.6) is 5.75 Å². The second kappa shape index (κ2) is 6.81. The minimum absolute atomic E-state index is 0.00364. The van der Waals surface area contributed by atoms with Crippen LogP contribution in [0.1, 0.15) is 25.7 Å².